The van der Waals surface area contributed by atoms with E-state index >= 15 is 0 Å². The minimum atomic E-state index is -0.882. The first-order chi connectivity index (χ1) is 9.47. The molecule has 0 unspecified atom stereocenters. The Labute approximate surface area is 131 Å². The molecule has 0 rings (SSSR count). The van der Waals surface area contributed by atoms with Crippen molar-refractivity contribution in [3.05, 3.63) is 0 Å². The molecule has 0 saturated carbocycles. The van der Waals surface area contributed by atoms with Crippen molar-refractivity contribution in [3.63, 3.8) is 0 Å². The Bertz CT molecular complexity index is 245. The van der Waals surface area contributed by atoms with Crippen molar-refractivity contribution in [3.8, 4) is 0 Å². The Kier molecular flexibility index (Phi) is 9.02. The van der Waals surface area contributed by atoms with Crippen molar-refractivity contribution in [1.82, 2.24) is 0 Å². The zero-order valence-corrected chi connectivity index (χ0v) is 15.4. The summed E-state index contributed by atoms with van der Waals surface area (Å²) < 4.78 is 0. The third-order valence-corrected chi connectivity index (χ3v) is 2.67. The van der Waals surface area contributed by atoms with Gasteiger partial charge in [0.2, 0.25) is 5.79 Å². The van der Waals surface area contributed by atoms with Crippen LogP contribution in [-0.2, 0) is 19.6 Å². The van der Waals surface area contributed by atoms with Gasteiger partial charge in [0.15, 0.2) is 0 Å². The topological polar surface area (TPSA) is 36.9 Å². The smallest absolute Gasteiger partial charge is 0.228 e. The predicted octanol–water partition coefficient (Wildman–Crippen LogP) is 5.56. The molecule has 0 saturated heterocycles. The number of unbranched alkanes of at least 4 members (excludes halogenated alkanes) is 4. The van der Waals surface area contributed by atoms with Gasteiger partial charge >= 0.3 is 0 Å². The van der Waals surface area contributed by atoms with E-state index < -0.39 is 5.79 Å². The molecule has 0 amide bonds. The zero-order chi connectivity index (χ0) is 16.6. The van der Waals surface area contributed by atoms with Crippen molar-refractivity contribution in [2.75, 3.05) is 0 Å². The highest BCUT2D eigenvalue weighted by Gasteiger charge is 2.33. The molecule has 0 spiro atoms. The Balaban J connectivity index is 4.37. The molecule has 0 atom stereocenters. The molecule has 0 aromatic rings. The maximum atomic E-state index is 5.55. The van der Waals surface area contributed by atoms with E-state index in [0.717, 1.165) is 12.8 Å². The Hall–Kier alpha value is -0.160. The fourth-order valence-electron chi connectivity index (χ4n) is 1.57. The van der Waals surface area contributed by atoms with Gasteiger partial charge in [-0.15, -0.1) is 0 Å². The van der Waals surface area contributed by atoms with Crippen LogP contribution in [0.15, 0.2) is 0 Å². The van der Waals surface area contributed by atoms with E-state index in [4.69, 9.17) is 19.6 Å². The second kappa shape index (κ2) is 9.09. The van der Waals surface area contributed by atoms with Crippen LogP contribution in [0.3, 0.4) is 0 Å². The van der Waals surface area contributed by atoms with Crippen molar-refractivity contribution >= 4 is 0 Å². The third kappa shape index (κ3) is 13.2. The molecular weight excluding hydrogens is 268 g/mol. The normalized spacial score (nSPS) is 13.7. The van der Waals surface area contributed by atoms with Crippen molar-refractivity contribution in [2.45, 2.75) is 111 Å². The fourth-order valence-corrected chi connectivity index (χ4v) is 1.57. The van der Waals surface area contributed by atoms with Crippen LogP contribution in [0.5, 0.6) is 0 Å². The Morgan fingerprint density at radius 3 is 1.38 bits per heavy atom. The highest BCUT2D eigenvalue weighted by atomic mass is 17.3. The first-order valence-corrected chi connectivity index (χ1v) is 8.21. The molecule has 128 valence electrons. The minimum absolute atomic E-state index is 0.380. The van der Waals surface area contributed by atoms with E-state index in [9.17, 15) is 0 Å². The van der Waals surface area contributed by atoms with Crippen LogP contribution in [-0.4, -0.2) is 17.0 Å². The van der Waals surface area contributed by atoms with Crippen molar-refractivity contribution in [2.24, 2.45) is 0 Å². The van der Waals surface area contributed by atoms with Gasteiger partial charge in [-0.1, -0.05) is 32.6 Å². The van der Waals surface area contributed by atoms with Gasteiger partial charge in [-0.05, 0) is 54.9 Å². The second-order valence-electron chi connectivity index (χ2n) is 7.86. The monoisotopic (exact) mass is 304 g/mol. The highest BCUT2D eigenvalue weighted by Crippen LogP contribution is 2.26. The summed E-state index contributed by atoms with van der Waals surface area (Å²) in [6, 6.07) is 0. The van der Waals surface area contributed by atoms with E-state index in [1.807, 2.05) is 48.5 Å². The fraction of sp³-hybridized carbons (Fsp3) is 1.00. The molecule has 0 fully saturated rings. The summed E-state index contributed by atoms with van der Waals surface area (Å²) in [6.07, 6.45) is 6.69. The van der Waals surface area contributed by atoms with Crippen LogP contribution in [0.4, 0.5) is 0 Å². The maximum absolute atomic E-state index is 5.55. The van der Waals surface area contributed by atoms with Crippen LogP contribution < -0.4 is 0 Å². The number of hydrogen-bond donors (Lipinski definition) is 0. The van der Waals surface area contributed by atoms with E-state index in [1.165, 1.54) is 25.7 Å². The molecule has 0 N–H and O–H groups in total. The van der Waals surface area contributed by atoms with E-state index in [0.29, 0.717) is 0 Å². The van der Waals surface area contributed by atoms with Crippen LogP contribution in [0, 0.1) is 0 Å². The van der Waals surface area contributed by atoms with Crippen LogP contribution in [0.25, 0.3) is 0 Å². The van der Waals surface area contributed by atoms with Gasteiger partial charge in [0.05, 0.1) is 11.2 Å². The Morgan fingerprint density at radius 1 is 0.571 bits per heavy atom. The molecule has 4 nitrogen and oxygen atoms in total. The van der Waals surface area contributed by atoms with Gasteiger partial charge in [-0.3, -0.25) is 0 Å². The lowest BCUT2D eigenvalue weighted by Crippen LogP contribution is -2.38. The molecular formula is C17H36O4. The standard InChI is InChI=1S/C17H36O4/c1-9-10-11-12-13-14-17(8,20-18-15(2,3)4)21-19-16(5,6)7/h9-14H2,1-8H3. The summed E-state index contributed by atoms with van der Waals surface area (Å²) in [4.78, 5) is 22.0. The van der Waals surface area contributed by atoms with Gasteiger partial charge in [0, 0.05) is 6.42 Å². The molecule has 0 aliphatic rings. The van der Waals surface area contributed by atoms with E-state index in [1.54, 1.807) is 0 Å². The van der Waals surface area contributed by atoms with Crippen LogP contribution in [0.1, 0.15) is 93.9 Å². The van der Waals surface area contributed by atoms with Gasteiger partial charge < -0.3 is 0 Å². The average molecular weight is 304 g/mol. The summed E-state index contributed by atoms with van der Waals surface area (Å²) in [5, 5.41) is 0. The largest absolute Gasteiger partial charge is 0.231 e. The molecule has 21 heavy (non-hydrogen) atoms. The molecule has 0 heterocycles. The van der Waals surface area contributed by atoms with Gasteiger partial charge in [0.1, 0.15) is 0 Å². The second-order valence-corrected chi connectivity index (χ2v) is 7.86. The molecule has 0 bridgehead atoms. The molecule has 4 heteroatoms. The van der Waals surface area contributed by atoms with Crippen LogP contribution in [0.2, 0.25) is 0 Å². The number of hydrogen-bond acceptors (Lipinski definition) is 4. The SMILES string of the molecule is CCCCCCCC(C)(OOC(C)(C)C)OOC(C)(C)C. The van der Waals surface area contributed by atoms with Gasteiger partial charge in [-0.25, -0.2) is 9.78 Å². The molecule has 0 aliphatic heterocycles. The summed E-state index contributed by atoms with van der Waals surface area (Å²) in [5.74, 6) is -0.882. The highest BCUT2D eigenvalue weighted by molar-refractivity contribution is 4.63. The zero-order valence-electron chi connectivity index (χ0n) is 15.4. The summed E-state index contributed by atoms with van der Waals surface area (Å²) in [6.45, 7) is 15.7. The maximum Gasteiger partial charge on any atom is 0.231 e. The van der Waals surface area contributed by atoms with Gasteiger partial charge in [0.25, 0.3) is 0 Å². The summed E-state index contributed by atoms with van der Waals surface area (Å²) in [5.41, 5.74) is -0.761. The molecule has 0 aliphatic carbocycles. The summed E-state index contributed by atoms with van der Waals surface area (Å²) >= 11 is 0. The molecule has 0 radical (unpaired) electrons. The molecule has 0 aromatic heterocycles. The first-order valence-electron chi connectivity index (χ1n) is 8.21. The number of rotatable bonds is 10. The van der Waals surface area contributed by atoms with Gasteiger partial charge in [-0.2, -0.15) is 9.78 Å². The summed E-state index contributed by atoms with van der Waals surface area (Å²) in [7, 11) is 0. The third-order valence-electron chi connectivity index (χ3n) is 2.67. The first kappa shape index (κ1) is 20.8. The predicted molar refractivity (Wildman–Crippen MR) is 85.6 cm³/mol. The average Bonchev–Trinajstić information content (AvgIpc) is 2.33. The minimum Gasteiger partial charge on any atom is -0.228 e. The van der Waals surface area contributed by atoms with E-state index in [2.05, 4.69) is 6.92 Å². The lowest BCUT2D eigenvalue weighted by molar-refractivity contribution is -0.537. The quantitative estimate of drug-likeness (QED) is 0.229. The van der Waals surface area contributed by atoms with E-state index in [-0.39, 0.29) is 11.2 Å². The Morgan fingerprint density at radius 2 is 1.00 bits per heavy atom. The lowest BCUT2D eigenvalue weighted by Gasteiger charge is -2.32. The van der Waals surface area contributed by atoms with Crippen molar-refractivity contribution in [1.29, 1.82) is 0 Å². The molecule has 0 aromatic carbocycles. The van der Waals surface area contributed by atoms with Crippen LogP contribution >= 0.6 is 0 Å². The lowest BCUT2D eigenvalue weighted by atomic mass is 10.1. The van der Waals surface area contributed by atoms with Crippen molar-refractivity contribution < 1.29 is 19.6 Å².